The van der Waals surface area contributed by atoms with Crippen LogP contribution >= 0.6 is 0 Å². The summed E-state index contributed by atoms with van der Waals surface area (Å²) in [6.07, 6.45) is 1.27. The highest BCUT2D eigenvalue weighted by Crippen LogP contribution is 2.17. The number of Topliss-reactive ketones (excluding diaryl/α,β-unsaturated/α-hetero) is 1. The summed E-state index contributed by atoms with van der Waals surface area (Å²) in [5.74, 6) is 0.00905. The molecule has 2 aromatic carbocycles. The van der Waals surface area contributed by atoms with Gasteiger partial charge in [-0.2, -0.15) is 0 Å². The first-order valence-electron chi connectivity index (χ1n) is 7.72. The predicted octanol–water partition coefficient (Wildman–Crippen LogP) is 3.74. The maximum Gasteiger partial charge on any atom is 0.224 e. The Labute approximate surface area is 137 Å². The number of nitrogens with zero attached hydrogens (tertiary/aromatic N) is 1. The summed E-state index contributed by atoms with van der Waals surface area (Å²) in [5.41, 5.74) is 2.50. The first-order valence-corrected chi connectivity index (χ1v) is 7.72. The molecule has 0 fully saturated rings. The van der Waals surface area contributed by atoms with Crippen LogP contribution in [0, 0.1) is 0 Å². The van der Waals surface area contributed by atoms with E-state index in [1.165, 1.54) is 0 Å². The van der Waals surface area contributed by atoms with Gasteiger partial charge in [-0.05, 0) is 24.6 Å². The Bertz CT molecular complexity index is 666. The van der Waals surface area contributed by atoms with Crippen LogP contribution in [-0.4, -0.2) is 25.8 Å². The summed E-state index contributed by atoms with van der Waals surface area (Å²) in [6, 6.07) is 16.8. The lowest BCUT2D eigenvalue weighted by molar-refractivity contribution is -0.116. The van der Waals surface area contributed by atoms with E-state index in [9.17, 15) is 9.59 Å². The van der Waals surface area contributed by atoms with Crippen molar-refractivity contribution in [3.05, 3.63) is 60.2 Å². The second kappa shape index (κ2) is 8.13. The SMILES string of the molecule is CN(C)c1cccc(NC(=O)CCCC(=O)c2ccccc2)c1. The third kappa shape index (κ3) is 5.25. The molecule has 0 spiro atoms. The molecule has 23 heavy (non-hydrogen) atoms. The van der Waals surface area contributed by atoms with Crippen molar-refractivity contribution in [2.24, 2.45) is 0 Å². The molecule has 120 valence electrons. The minimum absolute atomic E-state index is 0.0678. The van der Waals surface area contributed by atoms with Crippen LogP contribution in [0.2, 0.25) is 0 Å². The van der Waals surface area contributed by atoms with Crippen LogP contribution in [0.25, 0.3) is 0 Å². The monoisotopic (exact) mass is 310 g/mol. The zero-order valence-corrected chi connectivity index (χ0v) is 13.6. The Kier molecular flexibility index (Phi) is 5.92. The number of carbonyl (C=O) groups excluding carboxylic acids is 2. The summed E-state index contributed by atoms with van der Waals surface area (Å²) >= 11 is 0. The van der Waals surface area contributed by atoms with Gasteiger partial charge in [-0.15, -0.1) is 0 Å². The molecule has 0 bridgehead atoms. The van der Waals surface area contributed by atoms with Gasteiger partial charge in [0.25, 0.3) is 0 Å². The van der Waals surface area contributed by atoms with Crippen LogP contribution in [0.4, 0.5) is 11.4 Å². The molecule has 2 aromatic rings. The van der Waals surface area contributed by atoms with Crippen molar-refractivity contribution in [3.8, 4) is 0 Å². The number of hydrogen-bond donors (Lipinski definition) is 1. The molecule has 0 aliphatic rings. The van der Waals surface area contributed by atoms with Crippen molar-refractivity contribution in [3.63, 3.8) is 0 Å². The fourth-order valence-corrected chi connectivity index (χ4v) is 2.26. The number of ketones is 1. The van der Waals surface area contributed by atoms with Crippen molar-refractivity contribution in [2.75, 3.05) is 24.3 Å². The summed E-state index contributed by atoms with van der Waals surface area (Å²) in [7, 11) is 3.91. The maximum absolute atomic E-state index is 12.0. The van der Waals surface area contributed by atoms with Gasteiger partial charge in [0, 0.05) is 43.9 Å². The summed E-state index contributed by atoms with van der Waals surface area (Å²) in [5, 5.41) is 2.87. The minimum Gasteiger partial charge on any atom is -0.378 e. The Morgan fingerprint density at radius 2 is 1.70 bits per heavy atom. The standard InChI is InChI=1S/C19H22N2O2/c1-21(2)17-11-6-10-16(14-17)20-19(23)13-7-12-18(22)15-8-4-3-5-9-15/h3-6,8-11,14H,7,12-13H2,1-2H3,(H,20,23). The van der Waals surface area contributed by atoms with Crippen molar-refractivity contribution < 1.29 is 9.59 Å². The average molecular weight is 310 g/mol. The van der Waals surface area contributed by atoms with E-state index in [2.05, 4.69) is 5.32 Å². The van der Waals surface area contributed by atoms with Crippen LogP contribution in [0.3, 0.4) is 0 Å². The molecule has 0 heterocycles. The third-order valence-corrected chi connectivity index (χ3v) is 3.55. The van der Waals surface area contributed by atoms with Crippen molar-refractivity contribution >= 4 is 23.1 Å². The van der Waals surface area contributed by atoms with E-state index in [4.69, 9.17) is 0 Å². The van der Waals surface area contributed by atoms with Crippen LogP contribution < -0.4 is 10.2 Å². The number of rotatable bonds is 7. The highest BCUT2D eigenvalue weighted by atomic mass is 16.1. The van der Waals surface area contributed by atoms with Gasteiger partial charge in [-0.3, -0.25) is 9.59 Å². The van der Waals surface area contributed by atoms with Gasteiger partial charge >= 0.3 is 0 Å². The quantitative estimate of drug-likeness (QED) is 0.792. The lowest BCUT2D eigenvalue weighted by Gasteiger charge is -2.14. The first kappa shape index (κ1) is 16.7. The molecule has 0 radical (unpaired) electrons. The topological polar surface area (TPSA) is 49.4 Å². The number of hydrogen-bond acceptors (Lipinski definition) is 3. The maximum atomic E-state index is 12.0. The highest BCUT2D eigenvalue weighted by molar-refractivity contribution is 5.96. The van der Waals surface area contributed by atoms with Crippen molar-refractivity contribution in [2.45, 2.75) is 19.3 Å². The predicted molar refractivity (Wildman–Crippen MR) is 94.0 cm³/mol. The largest absolute Gasteiger partial charge is 0.378 e. The molecule has 0 aromatic heterocycles. The first-order chi connectivity index (χ1) is 11.1. The Morgan fingerprint density at radius 3 is 2.39 bits per heavy atom. The van der Waals surface area contributed by atoms with Crippen LogP contribution in [-0.2, 0) is 4.79 Å². The molecule has 0 saturated carbocycles. The van der Waals surface area contributed by atoms with Gasteiger partial charge in [-0.1, -0.05) is 36.4 Å². The van der Waals surface area contributed by atoms with Crippen LogP contribution in [0.15, 0.2) is 54.6 Å². The Hall–Kier alpha value is -2.62. The summed E-state index contributed by atoms with van der Waals surface area (Å²) in [6.45, 7) is 0. The van der Waals surface area contributed by atoms with E-state index in [1.807, 2.05) is 61.5 Å². The molecule has 0 atom stereocenters. The fourth-order valence-electron chi connectivity index (χ4n) is 2.26. The van der Waals surface area contributed by atoms with Gasteiger partial charge in [0.15, 0.2) is 5.78 Å². The fraction of sp³-hybridized carbons (Fsp3) is 0.263. The zero-order valence-electron chi connectivity index (χ0n) is 13.6. The zero-order chi connectivity index (χ0) is 16.7. The van der Waals surface area contributed by atoms with Crippen LogP contribution in [0.5, 0.6) is 0 Å². The molecule has 0 aliphatic carbocycles. The van der Waals surface area contributed by atoms with E-state index in [1.54, 1.807) is 12.1 Å². The smallest absolute Gasteiger partial charge is 0.224 e. The second-order valence-corrected chi connectivity index (χ2v) is 5.64. The molecule has 0 unspecified atom stereocenters. The van der Waals surface area contributed by atoms with Gasteiger partial charge in [0.05, 0.1) is 0 Å². The van der Waals surface area contributed by atoms with E-state index >= 15 is 0 Å². The second-order valence-electron chi connectivity index (χ2n) is 5.64. The molecular weight excluding hydrogens is 288 g/mol. The molecule has 2 rings (SSSR count). The number of anilines is 2. The Morgan fingerprint density at radius 1 is 0.957 bits per heavy atom. The number of nitrogens with one attached hydrogen (secondary N) is 1. The van der Waals surface area contributed by atoms with E-state index in [0.717, 1.165) is 11.4 Å². The molecule has 4 heteroatoms. The molecular formula is C19H22N2O2. The van der Waals surface area contributed by atoms with Crippen molar-refractivity contribution in [1.29, 1.82) is 0 Å². The third-order valence-electron chi connectivity index (χ3n) is 3.55. The van der Waals surface area contributed by atoms with Gasteiger partial charge in [-0.25, -0.2) is 0 Å². The number of benzene rings is 2. The molecule has 0 aliphatic heterocycles. The molecule has 0 saturated heterocycles. The highest BCUT2D eigenvalue weighted by Gasteiger charge is 2.08. The molecule has 1 N–H and O–H groups in total. The van der Waals surface area contributed by atoms with Gasteiger partial charge in [0.1, 0.15) is 0 Å². The molecule has 1 amide bonds. The van der Waals surface area contributed by atoms with E-state index in [0.29, 0.717) is 24.8 Å². The van der Waals surface area contributed by atoms with E-state index < -0.39 is 0 Å². The van der Waals surface area contributed by atoms with Gasteiger partial charge < -0.3 is 10.2 Å². The lowest BCUT2D eigenvalue weighted by Crippen LogP contribution is -2.13. The number of carbonyl (C=O) groups is 2. The average Bonchev–Trinajstić information content (AvgIpc) is 2.55. The molecule has 4 nitrogen and oxygen atoms in total. The van der Waals surface area contributed by atoms with Crippen molar-refractivity contribution in [1.82, 2.24) is 0 Å². The normalized spacial score (nSPS) is 10.2. The van der Waals surface area contributed by atoms with Gasteiger partial charge in [0.2, 0.25) is 5.91 Å². The summed E-state index contributed by atoms with van der Waals surface area (Å²) in [4.78, 5) is 25.9. The minimum atomic E-state index is -0.0678. The number of amides is 1. The lowest BCUT2D eigenvalue weighted by atomic mass is 10.1. The van der Waals surface area contributed by atoms with E-state index in [-0.39, 0.29) is 11.7 Å². The summed E-state index contributed by atoms with van der Waals surface area (Å²) < 4.78 is 0. The van der Waals surface area contributed by atoms with Crippen LogP contribution in [0.1, 0.15) is 29.6 Å². The Balaban J connectivity index is 1.79.